The first kappa shape index (κ1) is 20.9. The summed E-state index contributed by atoms with van der Waals surface area (Å²) in [5.41, 5.74) is -0.452. The van der Waals surface area contributed by atoms with Crippen molar-refractivity contribution in [3.05, 3.63) is 0 Å². The predicted molar refractivity (Wildman–Crippen MR) is 89.4 cm³/mol. The van der Waals surface area contributed by atoms with Gasteiger partial charge in [0.15, 0.2) is 0 Å². The van der Waals surface area contributed by atoms with E-state index in [9.17, 15) is 14.7 Å². The third-order valence-electron chi connectivity index (χ3n) is 5.30. The maximum absolute atomic E-state index is 11.2. The van der Waals surface area contributed by atoms with Gasteiger partial charge in [0.2, 0.25) is 0 Å². The van der Waals surface area contributed by atoms with Gasteiger partial charge in [-0.15, -0.1) is 0 Å². The maximum Gasteiger partial charge on any atom is 0.306 e. The van der Waals surface area contributed by atoms with Gasteiger partial charge in [-0.3, -0.25) is 9.59 Å². The number of carbonyl (C=O) groups is 2. The molecule has 1 heterocycles. The van der Waals surface area contributed by atoms with E-state index in [1.54, 1.807) is 0 Å². The number of rotatable bonds is 10. The highest BCUT2D eigenvalue weighted by Gasteiger charge is 2.43. The maximum atomic E-state index is 11.2. The van der Waals surface area contributed by atoms with Crippen LogP contribution in [0.25, 0.3) is 0 Å². The number of aliphatic carboxylic acids is 2. The summed E-state index contributed by atoms with van der Waals surface area (Å²) in [6, 6.07) is 0. The van der Waals surface area contributed by atoms with Crippen LogP contribution >= 0.6 is 0 Å². The van der Waals surface area contributed by atoms with Crippen LogP contribution in [-0.4, -0.2) is 33.9 Å². The molecule has 0 aliphatic carbocycles. The van der Waals surface area contributed by atoms with Crippen molar-refractivity contribution < 1.29 is 29.6 Å². The van der Waals surface area contributed by atoms with Crippen molar-refractivity contribution in [2.45, 2.75) is 84.3 Å². The molecule has 0 radical (unpaired) electrons. The second-order valence-electron chi connectivity index (χ2n) is 7.21. The normalized spacial score (nSPS) is 29.8. The molecule has 1 rings (SSSR count). The van der Waals surface area contributed by atoms with E-state index in [0.717, 1.165) is 25.7 Å². The van der Waals surface area contributed by atoms with Crippen LogP contribution in [0.4, 0.5) is 0 Å². The van der Waals surface area contributed by atoms with Crippen LogP contribution in [0.2, 0.25) is 0 Å². The minimum Gasteiger partial charge on any atom is -0.481 e. The van der Waals surface area contributed by atoms with E-state index in [4.69, 9.17) is 14.9 Å². The Hall–Kier alpha value is -1.14. The molecule has 5 atom stereocenters. The molecular formula is C18H32O6. The highest BCUT2D eigenvalue weighted by atomic mass is 17.2. The van der Waals surface area contributed by atoms with Gasteiger partial charge in [-0.05, 0) is 43.9 Å². The van der Waals surface area contributed by atoms with Gasteiger partial charge in [-0.2, -0.15) is 0 Å². The number of hydrogen-bond donors (Lipinski definition) is 2. The standard InChI is InChI=1S/C18H32O6/c1-5-13(17(21)22)8-12(4)10-18(7-3)11-14(6-2)15(23-24-18)9-16(19)20/h12-15H,5-11H2,1-4H3,(H,19,20)(H,21,22). The third-order valence-corrected chi connectivity index (χ3v) is 5.30. The first-order valence-corrected chi connectivity index (χ1v) is 9.05. The molecule has 0 bridgehead atoms. The summed E-state index contributed by atoms with van der Waals surface area (Å²) in [6.45, 7) is 8.02. The second-order valence-corrected chi connectivity index (χ2v) is 7.21. The number of hydrogen-bond acceptors (Lipinski definition) is 4. The second kappa shape index (κ2) is 9.37. The molecule has 1 fully saturated rings. The predicted octanol–water partition coefficient (Wildman–Crippen LogP) is 3.88. The van der Waals surface area contributed by atoms with Gasteiger partial charge in [0.05, 0.1) is 12.3 Å². The lowest BCUT2D eigenvalue weighted by atomic mass is 9.76. The zero-order valence-electron chi connectivity index (χ0n) is 15.3. The quantitative estimate of drug-likeness (QED) is 0.584. The monoisotopic (exact) mass is 344 g/mol. The summed E-state index contributed by atoms with van der Waals surface area (Å²) in [6.07, 6.45) is 3.85. The Bertz CT molecular complexity index is 424. The summed E-state index contributed by atoms with van der Waals surface area (Å²) in [5.74, 6) is -1.62. The summed E-state index contributed by atoms with van der Waals surface area (Å²) < 4.78 is 0. The highest BCUT2D eigenvalue weighted by Crippen LogP contribution is 2.41. The van der Waals surface area contributed by atoms with Crippen LogP contribution in [0.1, 0.15) is 72.6 Å². The molecule has 6 heteroatoms. The highest BCUT2D eigenvalue weighted by molar-refractivity contribution is 5.69. The van der Waals surface area contributed by atoms with E-state index >= 15 is 0 Å². The molecule has 24 heavy (non-hydrogen) atoms. The average molecular weight is 344 g/mol. The molecule has 1 aliphatic rings. The molecule has 1 saturated heterocycles. The lowest BCUT2D eigenvalue weighted by Crippen LogP contribution is -2.46. The van der Waals surface area contributed by atoms with Crippen LogP contribution in [0.5, 0.6) is 0 Å². The molecule has 0 aromatic carbocycles. The SMILES string of the molecule is CCC(CC(C)CC1(CC)CC(CC)C(CC(=O)O)OO1)C(=O)O. The fourth-order valence-corrected chi connectivity index (χ4v) is 3.78. The summed E-state index contributed by atoms with van der Waals surface area (Å²) in [4.78, 5) is 33.4. The first-order chi connectivity index (χ1) is 11.3. The molecule has 6 nitrogen and oxygen atoms in total. The number of carboxylic acid groups (broad SMARTS) is 2. The lowest BCUT2D eigenvalue weighted by molar-refractivity contribution is -0.424. The van der Waals surface area contributed by atoms with Gasteiger partial charge in [-0.1, -0.05) is 34.1 Å². The Morgan fingerprint density at radius 1 is 1.25 bits per heavy atom. The zero-order valence-corrected chi connectivity index (χ0v) is 15.3. The molecule has 0 amide bonds. The van der Waals surface area contributed by atoms with Crippen molar-refractivity contribution in [1.82, 2.24) is 0 Å². The molecule has 2 N–H and O–H groups in total. The summed E-state index contributed by atoms with van der Waals surface area (Å²) in [7, 11) is 0. The van der Waals surface area contributed by atoms with E-state index in [1.807, 2.05) is 20.8 Å². The molecule has 5 unspecified atom stereocenters. The van der Waals surface area contributed by atoms with Crippen molar-refractivity contribution in [3.8, 4) is 0 Å². The van der Waals surface area contributed by atoms with Gasteiger partial charge >= 0.3 is 11.9 Å². The van der Waals surface area contributed by atoms with E-state index in [-0.39, 0.29) is 24.2 Å². The van der Waals surface area contributed by atoms with Gasteiger partial charge in [-0.25, -0.2) is 9.78 Å². The van der Waals surface area contributed by atoms with Crippen LogP contribution in [0, 0.1) is 17.8 Å². The van der Waals surface area contributed by atoms with Crippen LogP contribution in [0.3, 0.4) is 0 Å². The van der Waals surface area contributed by atoms with Gasteiger partial charge in [0.25, 0.3) is 0 Å². The Morgan fingerprint density at radius 2 is 1.92 bits per heavy atom. The largest absolute Gasteiger partial charge is 0.481 e. The molecule has 0 aromatic rings. The fraction of sp³-hybridized carbons (Fsp3) is 0.889. The summed E-state index contributed by atoms with van der Waals surface area (Å²) in [5, 5.41) is 18.2. The molecule has 140 valence electrons. The van der Waals surface area contributed by atoms with Crippen molar-refractivity contribution in [3.63, 3.8) is 0 Å². The van der Waals surface area contributed by atoms with E-state index in [2.05, 4.69) is 6.92 Å². The Balaban J connectivity index is 2.73. The van der Waals surface area contributed by atoms with E-state index in [0.29, 0.717) is 12.8 Å². The molecule has 0 saturated carbocycles. The van der Waals surface area contributed by atoms with Gasteiger partial charge in [0.1, 0.15) is 11.7 Å². The summed E-state index contributed by atoms with van der Waals surface area (Å²) >= 11 is 0. The smallest absolute Gasteiger partial charge is 0.306 e. The van der Waals surface area contributed by atoms with Crippen LogP contribution < -0.4 is 0 Å². The number of carboxylic acids is 2. The van der Waals surface area contributed by atoms with Gasteiger partial charge < -0.3 is 10.2 Å². The zero-order chi connectivity index (χ0) is 18.3. The fourth-order valence-electron chi connectivity index (χ4n) is 3.78. The minimum absolute atomic E-state index is 0.0508. The Morgan fingerprint density at radius 3 is 2.38 bits per heavy atom. The van der Waals surface area contributed by atoms with Crippen LogP contribution in [-0.2, 0) is 19.4 Å². The van der Waals surface area contributed by atoms with E-state index in [1.165, 1.54) is 0 Å². The van der Waals surface area contributed by atoms with Crippen molar-refractivity contribution in [2.75, 3.05) is 0 Å². The van der Waals surface area contributed by atoms with Crippen molar-refractivity contribution >= 4 is 11.9 Å². The van der Waals surface area contributed by atoms with Gasteiger partial charge in [0, 0.05) is 0 Å². The lowest BCUT2D eigenvalue weighted by Gasteiger charge is -2.43. The Kier molecular flexibility index (Phi) is 8.16. The topological polar surface area (TPSA) is 93.1 Å². The van der Waals surface area contributed by atoms with Crippen molar-refractivity contribution in [2.24, 2.45) is 17.8 Å². The molecular weight excluding hydrogens is 312 g/mol. The Labute approximate surface area is 144 Å². The molecule has 1 aliphatic heterocycles. The first-order valence-electron chi connectivity index (χ1n) is 9.05. The minimum atomic E-state index is -0.883. The van der Waals surface area contributed by atoms with Crippen LogP contribution in [0.15, 0.2) is 0 Å². The molecule has 0 spiro atoms. The third kappa shape index (κ3) is 5.74. The van der Waals surface area contributed by atoms with E-state index < -0.39 is 23.6 Å². The van der Waals surface area contributed by atoms with Crippen molar-refractivity contribution in [1.29, 1.82) is 0 Å². The molecule has 0 aromatic heterocycles. The average Bonchev–Trinajstić information content (AvgIpc) is 2.53.